The zero-order valence-electron chi connectivity index (χ0n) is 14.3. The Morgan fingerprint density at radius 1 is 1.48 bits per heavy atom. The molecule has 0 aliphatic carbocycles. The summed E-state index contributed by atoms with van der Waals surface area (Å²) >= 11 is 3.52. The van der Waals surface area contributed by atoms with Crippen molar-refractivity contribution in [2.45, 2.75) is 26.3 Å². The second-order valence-corrected chi connectivity index (χ2v) is 6.64. The molecular weight excluding hydrogens is 384 g/mol. The third kappa shape index (κ3) is 3.12. The number of rotatable bonds is 5. The summed E-state index contributed by atoms with van der Waals surface area (Å²) in [6.07, 6.45) is 6.95. The van der Waals surface area contributed by atoms with Gasteiger partial charge in [-0.15, -0.1) is 0 Å². The molecule has 6 heteroatoms. The van der Waals surface area contributed by atoms with Crippen molar-refractivity contribution < 1.29 is 14.3 Å². The van der Waals surface area contributed by atoms with E-state index in [2.05, 4.69) is 34.2 Å². The van der Waals surface area contributed by atoms with Gasteiger partial charge in [0.25, 0.3) is 0 Å². The molecule has 1 aromatic heterocycles. The number of furan rings is 1. The fourth-order valence-electron chi connectivity index (χ4n) is 3.09. The van der Waals surface area contributed by atoms with Crippen LogP contribution in [-0.4, -0.2) is 24.3 Å². The van der Waals surface area contributed by atoms with E-state index in [1.807, 2.05) is 37.3 Å². The molecule has 1 atom stereocenters. The predicted molar refractivity (Wildman–Crippen MR) is 103 cm³/mol. The molecule has 0 saturated carbocycles. The standard InChI is InChI=1S/C19H21BrN2O3/c1-3-5-7-12(4-2)15-18-16(22(10-11-23)19(24)21-15)13-8-6-9-14(20)17(13)25-18/h4-9,15,23H,3,10-11H2,1-2H3,(H,21,24)/b7-5-,12-4+. The van der Waals surface area contributed by atoms with Gasteiger partial charge in [0.15, 0.2) is 11.3 Å². The number of para-hydroxylation sites is 1. The van der Waals surface area contributed by atoms with E-state index in [1.54, 1.807) is 4.90 Å². The van der Waals surface area contributed by atoms with Crippen LogP contribution in [0, 0.1) is 0 Å². The molecule has 0 saturated heterocycles. The van der Waals surface area contributed by atoms with Gasteiger partial charge < -0.3 is 14.8 Å². The zero-order valence-corrected chi connectivity index (χ0v) is 15.8. The Morgan fingerprint density at radius 2 is 2.28 bits per heavy atom. The van der Waals surface area contributed by atoms with Crippen molar-refractivity contribution >= 4 is 38.6 Å². The number of hydrogen-bond donors (Lipinski definition) is 2. The molecule has 2 heterocycles. The highest BCUT2D eigenvalue weighted by Gasteiger charge is 2.37. The summed E-state index contributed by atoms with van der Waals surface area (Å²) in [7, 11) is 0. The number of β-amino-alcohol motifs (C(OH)–C–C–N with tert-alkyl or cyclic N) is 1. The monoisotopic (exact) mass is 404 g/mol. The highest BCUT2D eigenvalue weighted by molar-refractivity contribution is 9.10. The maximum Gasteiger partial charge on any atom is 0.322 e. The largest absolute Gasteiger partial charge is 0.455 e. The van der Waals surface area contributed by atoms with Gasteiger partial charge in [-0.05, 0) is 47.0 Å². The number of nitrogens with zero attached hydrogens (tertiary/aromatic N) is 1. The van der Waals surface area contributed by atoms with E-state index in [1.165, 1.54) is 0 Å². The van der Waals surface area contributed by atoms with Crippen LogP contribution in [0.1, 0.15) is 32.1 Å². The summed E-state index contributed by atoms with van der Waals surface area (Å²) in [5.74, 6) is 0.684. The number of allylic oxidation sites excluding steroid dienone is 2. The van der Waals surface area contributed by atoms with E-state index in [-0.39, 0.29) is 25.2 Å². The van der Waals surface area contributed by atoms with Gasteiger partial charge >= 0.3 is 6.03 Å². The fraction of sp³-hybridized carbons (Fsp3) is 0.316. The van der Waals surface area contributed by atoms with Crippen LogP contribution in [0.25, 0.3) is 11.0 Å². The maximum absolute atomic E-state index is 12.7. The van der Waals surface area contributed by atoms with E-state index < -0.39 is 0 Å². The van der Waals surface area contributed by atoms with Crippen LogP contribution < -0.4 is 10.2 Å². The molecule has 0 spiro atoms. The first kappa shape index (κ1) is 17.8. The summed E-state index contributed by atoms with van der Waals surface area (Å²) in [6, 6.07) is 5.16. The minimum atomic E-state index is -0.357. The highest BCUT2D eigenvalue weighted by Crippen LogP contribution is 2.44. The van der Waals surface area contributed by atoms with E-state index in [9.17, 15) is 9.90 Å². The Morgan fingerprint density at radius 3 is 2.96 bits per heavy atom. The van der Waals surface area contributed by atoms with Crippen LogP contribution >= 0.6 is 15.9 Å². The van der Waals surface area contributed by atoms with Crippen LogP contribution in [0.2, 0.25) is 0 Å². The second-order valence-electron chi connectivity index (χ2n) is 5.79. The van der Waals surface area contributed by atoms with Crippen LogP contribution in [0.3, 0.4) is 0 Å². The average Bonchev–Trinajstić information content (AvgIpc) is 2.99. The Balaban J connectivity index is 2.22. The van der Waals surface area contributed by atoms with Gasteiger partial charge in [-0.3, -0.25) is 4.90 Å². The molecule has 2 amide bonds. The van der Waals surface area contributed by atoms with Crippen molar-refractivity contribution in [1.82, 2.24) is 5.32 Å². The molecule has 2 N–H and O–H groups in total. The molecule has 1 unspecified atom stereocenters. The van der Waals surface area contributed by atoms with E-state index in [0.717, 1.165) is 27.5 Å². The number of hydrogen-bond acceptors (Lipinski definition) is 3. The summed E-state index contributed by atoms with van der Waals surface area (Å²) in [5, 5.41) is 13.2. The maximum atomic E-state index is 12.7. The van der Waals surface area contributed by atoms with Crippen molar-refractivity contribution in [1.29, 1.82) is 0 Å². The molecule has 1 aromatic carbocycles. The lowest BCUT2D eigenvalue weighted by Gasteiger charge is -2.32. The first-order valence-electron chi connectivity index (χ1n) is 8.34. The lowest BCUT2D eigenvalue weighted by atomic mass is 9.99. The summed E-state index contributed by atoms with van der Waals surface area (Å²) < 4.78 is 7.00. The van der Waals surface area contributed by atoms with Crippen LogP contribution in [0.5, 0.6) is 0 Å². The number of halogens is 1. The number of fused-ring (bicyclic) bond motifs is 3. The van der Waals surface area contributed by atoms with Crippen molar-refractivity contribution in [2.75, 3.05) is 18.1 Å². The van der Waals surface area contributed by atoms with Gasteiger partial charge in [0, 0.05) is 5.39 Å². The first-order chi connectivity index (χ1) is 12.1. The topological polar surface area (TPSA) is 65.7 Å². The third-order valence-electron chi connectivity index (χ3n) is 4.25. The van der Waals surface area contributed by atoms with Gasteiger partial charge in [-0.1, -0.05) is 31.2 Å². The molecule has 0 fully saturated rings. The molecule has 3 rings (SSSR count). The lowest BCUT2D eigenvalue weighted by molar-refractivity contribution is 0.235. The number of benzene rings is 1. The van der Waals surface area contributed by atoms with Gasteiger partial charge in [0.2, 0.25) is 0 Å². The molecule has 25 heavy (non-hydrogen) atoms. The molecule has 1 aliphatic heterocycles. The number of aliphatic hydroxyl groups excluding tert-OH is 1. The molecule has 2 aromatic rings. The Hall–Kier alpha value is -2.05. The Bertz CT molecular complexity index is 854. The minimum Gasteiger partial charge on any atom is -0.455 e. The highest BCUT2D eigenvalue weighted by atomic mass is 79.9. The van der Waals surface area contributed by atoms with Crippen LogP contribution in [0.4, 0.5) is 10.5 Å². The smallest absolute Gasteiger partial charge is 0.322 e. The zero-order chi connectivity index (χ0) is 18.0. The molecule has 0 bridgehead atoms. The van der Waals surface area contributed by atoms with E-state index in [0.29, 0.717) is 11.3 Å². The molecule has 132 valence electrons. The van der Waals surface area contributed by atoms with Gasteiger partial charge in [-0.25, -0.2) is 4.79 Å². The summed E-state index contributed by atoms with van der Waals surface area (Å²) in [4.78, 5) is 14.2. The van der Waals surface area contributed by atoms with Crippen molar-refractivity contribution in [3.63, 3.8) is 0 Å². The number of nitrogens with one attached hydrogen (secondary N) is 1. The van der Waals surface area contributed by atoms with Crippen molar-refractivity contribution in [3.05, 3.63) is 52.2 Å². The van der Waals surface area contributed by atoms with E-state index in [4.69, 9.17) is 4.42 Å². The first-order valence-corrected chi connectivity index (χ1v) is 9.14. The minimum absolute atomic E-state index is 0.121. The number of anilines is 1. The fourth-order valence-corrected chi connectivity index (χ4v) is 3.54. The predicted octanol–water partition coefficient (Wildman–Crippen LogP) is 4.67. The van der Waals surface area contributed by atoms with Gasteiger partial charge in [0.1, 0.15) is 6.04 Å². The number of carbonyl (C=O) groups excluding carboxylic acids is 1. The lowest BCUT2D eigenvalue weighted by Crippen LogP contribution is -2.47. The van der Waals surface area contributed by atoms with Gasteiger partial charge in [-0.2, -0.15) is 0 Å². The number of aliphatic hydroxyl groups is 1. The number of amides is 2. The van der Waals surface area contributed by atoms with Gasteiger partial charge in [0.05, 0.1) is 23.3 Å². The third-order valence-corrected chi connectivity index (χ3v) is 4.87. The SMILES string of the molecule is C/C=C(\C=C/CC)C1NC(=O)N(CCO)c2c1oc1c(Br)cccc21. The molecule has 5 nitrogen and oxygen atoms in total. The van der Waals surface area contributed by atoms with Crippen molar-refractivity contribution in [3.8, 4) is 0 Å². The van der Waals surface area contributed by atoms with Crippen molar-refractivity contribution in [2.24, 2.45) is 0 Å². The number of carbonyl (C=O) groups is 1. The average molecular weight is 405 g/mol. The summed E-state index contributed by atoms with van der Waals surface area (Å²) in [6.45, 7) is 4.10. The molecule has 0 radical (unpaired) electrons. The molecular formula is C19H21BrN2O3. The summed E-state index contributed by atoms with van der Waals surface area (Å²) in [5.41, 5.74) is 2.39. The second kappa shape index (κ2) is 7.45. The van der Waals surface area contributed by atoms with E-state index >= 15 is 0 Å². The van der Waals surface area contributed by atoms with Crippen LogP contribution in [-0.2, 0) is 0 Å². The Kier molecular flexibility index (Phi) is 5.30. The van der Waals surface area contributed by atoms with Crippen LogP contribution in [0.15, 0.2) is 50.9 Å². The molecule has 1 aliphatic rings. The number of urea groups is 1. The normalized spacial score (nSPS) is 18.1. The quantitative estimate of drug-likeness (QED) is 0.711. The Labute approximate surface area is 155 Å².